The highest BCUT2D eigenvalue weighted by Gasteiger charge is 2.32. The number of sulfonamides is 1. The number of nitrogens with zero attached hydrogens (tertiary/aromatic N) is 1. The summed E-state index contributed by atoms with van der Waals surface area (Å²) >= 11 is 0. The lowest BCUT2D eigenvalue weighted by atomic mass is 9.95. The van der Waals surface area contributed by atoms with Crippen LogP contribution >= 0.6 is 0 Å². The number of rotatable bonds is 6. The Bertz CT molecular complexity index is 681. The zero-order chi connectivity index (χ0) is 16.4. The molecule has 0 atom stereocenters. The summed E-state index contributed by atoms with van der Waals surface area (Å²) in [6.07, 6.45) is 0. The summed E-state index contributed by atoms with van der Waals surface area (Å²) in [4.78, 5) is 20.7. The molecule has 0 saturated heterocycles. The van der Waals surface area contributed by atoms with Crippen LogP contribution < -0.4 is 4.72 Å². The highest BCUT2D eigenvalue weighted by Crippen LogP contribution is 2.27. The second kappa shape index (κ2) is 5.78. The average Bonchev–Trinajstić information content (AvgIpc) is 2.35. The van der Waals surface area contributed by atoms with Crippen LogP contribution in [0.15, 0.2) is 23.1 Å². The highest BCUT2D eigenvalue weighted by molar-refractivity contribution is 7.89. The maximum atomic E-state index is 12.2. The summed E-state index contributed by atoms with van der Waals surface area (Å²) in [5.41, 5.74) is -1.66. The van der Waals surface area contributed by atoms with Gasteiger partial charge in [-0.05, 0) is 26.3 Å². The minimum absolute atomic E-state index is 0.213. The number of carbonyl (C=O) groups is 1. The fourth-order valence-corrected chi connectivity index (χ4v) is 3.16. The SMILES string of the molecule is Cc1cccc([N+](=O)[O-])c1S(=O)(=O)NCC(C)(C)C(=O)O. The van der Waals surface area contributed by atoms with Crippen molar-refractivity contribution in [3.63, 3.8) is 0 Å². The zero-order valence-corrected chi connectivity index (χ0v) is 12.6. The molecule has 0 spiro atoms. The quantitative estimate of drug-likeness (QED) is 0.601. The van der Waals surface area contributed by atoms with E-state index in [0.717, 1.165) is 6.07 Å². The summed E-state index contributed by atoms with van der Waals surface area (Å²) in [5, 5.41) is 19.9. The first-order chi connectivity index (χ1) is 9.49. The third-order valence-corrected chi connectivity index (χ3v) is 4.53. The van der Waals surface area contributed by atoms with Crippen molar-refractivity contribution < 1.29 is 23.2 Å². The van der Waals surface area contributed by atoms with Crippen molar-refractivity contribution in [3.8, 4) is 0 Å². The van der Waals surface area contributed by atoms with Crippen molar-refractivity contribution in [3.05, 3.63) is 33.9 Å². The van der Waals surface area contributed by atoms with E-state index in [-0.39, 0.29) is 12.1 Å². The Morgan fingerprint density at radius 1 is 1.43 bits per heavy atom. The summed E-state index contributed by atoms with van der Waals surface area (Å²) in [5.74, 6) is -1.18. The topological polar surface area (TPSA) is 127 Å². The number of aryl methyl sites for hydroxylation is 1. The number of carboxylic acids is 1. The van der Waals surface area contributed by atoms with E-state index < -0.39 is 36.9 Å². The fourth-order valence-electron chi connectivity index (χ4n) is 1.55. The molecule has 8 nitrogen and oxygen atoms in total. The Kier molecular flexibility index (Phi) is 4.69. The Hall–Kier alpha value is -2.00. The predicted molar refractivity (Wildman–Crippen MR) is 74.4 cm³/mol. The molecule has 0 aromatic heterocycles. The van der Waals surface area contributed by atoms with E-state index in [1.165, 1.54) is 32.9 Å². The molecule has 0 bridgehead atoms. The van der Waals surface area contributed by atoms with E-state index in [2.05, 4.69) is 4.72 Å². The molecule has 0 aliphatic carbocycles. The van der Waals surface area contributed by atoms with Gasteiger partial charge in [-0.15, -0.1) is 0 Å². The van der Waals surface area contributed by atoms with Gasteiger partial charge in [-0.1, -0.05) is 12.1 Å². The molecule has 1 aromatic rings. The molecule has 0 aliphatic rings. The van der Waals surface area contributed by atoms with Crippen molar-refractivity contribution in [2.45, 2.75) is 25.7 Å². The van der Waals surface area contributed by atoms with E-state index >= 15 is 0 Å². The van der Waals surface area contributed by atoms with Gasteiger partial charge in [0.2, 0.25) is 10.0 Å². The minimum Gasteiger partial charge on any atom is -0.481 e. The molecule has 1 rings (SSSR count). The fraction of sp³-hybridized carbons (Fsp3) is 0.417. The van der Waals surface area contributed by atoms with Crippen molar-refractivity contribution >= 4 is 21.7 Å². The first-order valence-electron chi connectivity index (χ1n) is 5.96. The highest BCUT2D eigenvalue weighted by atomic mass is 32.2. The number of aliphatic carboxylic acids is 1. The molecule has 0 aliphatic heterocycles. The number of hydrogen-bond acceptors (Lipinski definition) is 5. The summed E-state index contributed by atoms with van der Waals surface area (Å²) in [6, 6.07) is 3.90. The van der Waals surface area contributed by atoms with Crippen LogP contribution in [0.5, 0.6) is 0 Å². The number of carboxylic acid groups (broad SMARTS) is 1. The third-order valence-electron chi connectivity index (χ3n) is 2.94. The van der Waals surface area contributed by atoms with E-state index in [4.69, 9.17) is 5.11 Å². The van der Waals surface area contributed by atoms with Crippen molar-refractivity contribution in [2.24, 2.45) is 5.41 Å². The monoisotopic (exact) mass is 316 g/mol. The number of benzene rings is 1. The van der Waals surface area contributed by atoms with Crippen LogP contribution in [0.1, 0.15) is 19.4 Å². The van der Waals surface area contributed by atoms with Gasteiger partial charge in [-0.25, -0.2) is 13.1 Å². The molecule has 0 saturated carbocycles. The largest absolute Gasteiger partial charge is 0.481 e. The summed E-state index contributed by atoms with van der Waals surface area (Å²) in [6.45, 7) is 3.76. The number of hydrogen-bond donors (Lipinski definition) is 2. The molecule has 1 aromatic carbocycles. The van der Waals surface area contributed by atoms with E-state index in [9.17, 15) is 23.3 Å². The molecular weight excluding hydrogens is 300 g/mol. The van der Waals surface area contributed by atoms with Crippen LogP contribution in [0, 0.1) is 22.5 Å². The summed E-state index contributed by atoms with van der Waals surface area (Å²) in [7, 11) is -4.19. The van der Waals surface area contributed by atoms with Gasteiger partial charge in [0.15, 0.2) is 4.90 Å². The van der Waals surface area contributed by atoms with E-state index in [1.807, 2.05) is 0 Å². The molecular formula is C12H16N2O6S. The van der Waals surface area contributed by atoms with Gasteiger partial charge >= 0.3 is 5.97 Å². The lowest BCUT2D eigenvalue weighted by Gasteiger charge is -2.19. The van der Waals surface area contributed by atoms with Crippen molar-refractivity contribution in [2.75, 3.05) is 6.54 Å². The second-order valence-electron chi connectivity index (χ2n) is 5.19. The van der Waals surface area contributed by atoms with Crippen LogP contribution in [-0.4, -0.2) is 31.0 Å². The Labute approximate surface area is 122 Å². The average molecular weight is 316 g/mol. The van der Waals surface area contributed by atoms with Gasteiger partial charge < -0.3 is 5.11 Å². The van der Waals surface area contributed by atoms with E-state index in [1.54, 1.807) is 0 Å². The number of nitro groups is 1. The molecule has 116 valence electrons. The zero-order valence-electron chi connectivity index (χ0n) is 11.8. The van der Waals surface area contributed by atoms with Crippen LogP contribution in [-0.2, 0) is 14.8 Å². The maximum Gasteiger partial charge on any atom is 0.310 e. The Balaban J connectivity index is 3.21. The van der Waals surface area contributed by atoms with Gasteiger partial charge in [-0.2, -0.15) is 0 Å². The summed E-state index contributed by atoms with van der Waals surface area (Å²) < 4.78 is 26.6. The van der Waals surface area contributed by atoms with Gasteiger partial charge in [0.05, 0.1) is 10.3 Å². The molecule has 0 heterocycles. The molecule has 0 fully saturated rings. The smallest absolute Gasteiger partial charge is 0.310 e. The van der Waals surface area contributed by atoms with Crippen molar-refractivity contribution in [1.29, 1.82) is 0 Å². The second-order valence-corrected chi connectivity index (χ2v) is 6.90. The first kappa shape index (κ1) is 17.1. The van der Waals surface area contributed by atoms with Gasteiger partial charge in [0, 0.05) is 12.6 Å². The number of nitro benzene ring substituents is 1. The van der Waals surface area contributed by atoms with Gasteiger partial charge in [0.1, 0.15) is 0 Å². The molecule has 0 radical (unpaired) electrons. The third kappa shape index (κ3) is 3.76. The van der Waals surface area contributed by atoms with Gasteiger partial charge in [0.25, 0.3) is 5.69 Å². The molecule has 2 N–H and O–H groups in total. The minimum atomic E-state index is -4.19. The lowest BCUT2D eigenvalue weighted by molar-refractivity contribution is -0.387. The van der Waals surface area contributed by atoms with Crippen LogP contribution in [0.4, 0.5) is 5.69 Å². The predicted octanol–water partition coefficient (Wildman–Crippen LogP) is 1.29. The molecule has 0 unspecified atom stereocenters. The normalized spacial score (nSPS) is 12.1. The Morgan fingerprint density at radius 3 is 2.48 bits per heavy atom. The molecule has 0 amide bonds. The van der Waals surface area contributed by atoms with Crippen LogP contribution in [0.2, 0.25) is 0 Å². The van der Waals surface area contributed by atoms with Gasteiger partial charge in [-0.3, -0.25) is 14.9 Å². The Morgan fingerprint density at radius 2 is 2.00 bits per heavy atom. The first-order valence-corrected chi connectivity index (χ1v) is 7.44. The molecule has 9 heteroatoms. The van der Waals surface area contributed by atoms with Crippen molar-refractivity contribution in [1.82, 2.24) is 4.72 Å². The number of nitrogens with one attached hydrogen (secondary N) is 1. The maximum absolute atomic E-state index is 12.2. The van der Waals surface area contributed by atoms with Crippen LogP contribution in [0.3, 0.4) is 0 Å². The standard InChI is InChI=1S/C12H16N2O6S/c1-8-5-4-6-9(14(17)18)10(8)21(19,20)13-7-12(2,3)11(15)16/h4-6,13H,7H2,1-3H3,(H,15,16). The lowest BCUT2D eigenvalue weighted by Crippen LogP contribution is -2.39. The molecule has 21 heavy (non-hydrogen) atoms. The van der Waals surface area contributed by atoms with Crippen LogP contribution in [0.25, 0.3) is 0 Å². The van der Waals surface area contributed by atoms with E-state index in [0.29, 0.717) is 0 Å².